The summed E-state index contributed by atoms with van der Waals surface area (Å²) in [7, 11) is 1.69. The third-order valence-corrected chi connectivity index (χ3v) is 3.86. The highest BCUT2D eigenvalue weighted by Crippen LogP contribution is 2.29. The van der Waals surface area contributed by atoms with E-state index >= 15 is 0 Å². The Kier molecular flexibility index (Phi) is 4.66. The number of benzene rings is 1. The average Bonchev–Trinajstić information content (AvgIpc) is 2.99. The molecule has 0 aliphatic heterocycles. The molecule has 0 fully saturated rings. The fourth-order valence-electron chi connectivity index (χ4n) is 2.30. The molecule has 1 amide bonds. The van der Waals surface area contributed by atoms with Gasteiger partial charge in [-0.2, -0.15) is 0 Å². The first kappa shape index (κ1) is 16.3. The van der Waals surface area contributed by atoms with Gasteiger partial charge < -0.3 is 14.2 Å². The summed E-state index contributed by atoms with van der Waals surface area (Å²) in [4.78, 5) is 18.0. The summed E-state index contributed by atoms with van der Waals surface area (Å²) in [5.41, 5.74) is 1.33. The molecule has 0 bridgehead atoms. The highest BCUT2D eigenvalue weighted by atomic mass is 35.5. The summed E-state index contributed by atoms with van der Waals surface area (Å²) in [6.07, 6.45) is 1.66. The van der Waals surface area contributed by atoms with Gasteiger partial charge in [0.1, 0.15) is 22.7 Å². The van der Waals surface area contributed by atoms with Crippen molar-refractivity contribution in [3.63, 3.8) is 0 Å². The van der Waals surface area contributed by atoms with E-state index in [2.05, 4.69) is 10.1 Å². The number of likely N-dealkylation sites (N-methyl/N-ethyl adjacent to an activating group) is 1. The minimum Gasteiger partial charge on any atom is -0.481 e. The van der Waals surface area contributed by atoms with Crippen LogP contribution in [0.2, 0.25) is 5.02 Å². The van der Waals surface area contributed by atoms with E-state index in [1.165, 1.54) is 4.90 Å². The van der Waals surface area contributed by atoms with Crippen molar-refractivity contribution in [1.82, 2.24) is 15.0 Å². The number of pyridine rings is 1. The Morgan fingerprint density at radius 2 is 2.21 bits per heavy atom. The summed E-state index contributed by atoms with van der Waals surface area (Å²) in [5, 5.41) is 5.25. The normalized spacial score (nSPS) is 10.8. The monoisotopic (exact) mass is 345 g/mol. The SMILES string of the molecule is Cc1cc(CN(C)C(=O)COc2ccc(Cl)c3cccnc23)no1. The predicted molar refractivity (Wildman–Crippen MR) is 90.0 cm³/mol. The first-order valence-corrected chi connectivity index (χ1v) is 7.74. The van der Waals surface area contributed by atoms with Crippen molar-refractivity contribution >= 4 is 28.4 Å². The summed E-state index contributed by atoms with van der Waals surface area (Å²) in [5.74, 6) is 1.06. The minimum absolute atomic E-state index is 0.0966. The molecule has 0 saturated carbocycles. The Hall–Kier alpha value is -2.60. The van der Waals surface area contributed by atoms with Gasteiger partial charge in [0.2, 0.25) is 0 Å². The molecule has 2 heterocycles. The molecule has 1 aromatic carbocycles. The first-order chi connectivity index (χ1) is 11.5. The van der Waals surface area contributed by atoms with E-state index in [1.807, 2.05) is 6.07 Å². The average molecular weight is 346 g/mol. The van der Waals surface area contributed by atoms with Crippen LogP contribution in [-0.2, 0) is 11.3 Å². The van der Waals surface area contributed by atoms with Crippen LogP contribution in [0, 0.1) is 6.92 Å². The standard InChI is InChI=1S/C17H16ClN3O3/c1-11-8-12(20-24-11)9-21(2)16(22)10-23-15-6-5-14(18)13-4-3-7-19-17(13)15/h3-8H,9-10H2,1-2H3. The van der Waals surface area contributed by atoms with Crippen LogP contribution in [0.4, 0.5) is 0 Å². The number of carbonyl (C=O) groups is 1. The maximum Gasteiger partial charge on any atom is 0.260 e. The lowest BCUT2D eigenvalue weighted by Gasteiger charge is -2.16. The van der Waals surface area contributed by atoms with Crippen LogP contribution in [0.15, 0.2) is 41.1 Å². The Bertz CT molecular complexity index is 878. The number of nitrogens with zero attached hydrogens (tertiary/aromatic N) is 3. The van der Waals surface area contributed by atoms with E-state index in [0.29, 0.717) is 34.3 Å². The van der Waals surface area contributed by atoms with Crippen LogP contribution >= 0.6 is 11.6 Å². The van der Waals surface area contributed by atoms with Crippen LogP contribution in [0.5, 0.6) is 5.75 Å². The van der Waals surface area contributed by atoms with Crippen LogP contribution < -0.4 is 4.74 Å². The Morgan fingerprint density at radius 3 is 2.96 bits per heavy atom. The Balaban J connectivity index is 1.67. The summed E-state index contributed by atoms with van der Waals surface area (Å²) >= 11 is 6.15. The van der Waals surface area contributed by atoms with E-state index in [-0.39, 0.29) is 12.5 Å². The van der Waals surface area contributed by atoms with Crippen molar-refractivity contribution in [2.24, 2.45) is 0 Å². The van der Waals surface area contributed by atoms with Gasteiger partial charge in [-0.15, -0.1) is 0 Å². The van der Waals surface area contributed by atoms with Gasteiger partial charge in [-0.3, -0.25) is 9.78 Å². The number of hydrogen-bond donors (Lipinski definition) is 0. The Morgan fingerprint density at radius 1 is 1.38 bits per heavy atom. The van der Waals surface area contributed by atoms with Gasteiger partial charge in [0.25, 0.3) is 5.91 Å². The first-order valence-electron chi connectivity index (χ1n) is 7.37. The lowest BCUT2D eigenvalue weighted by atomic mass is 10.2. The van der Waals surface area contributed by atoms with E-state index in [9.17, 15) is 4.79 Å². The molecule has 2 aromatic heterocycles. The zero-order valence-electron chi connectivity index (χ0n) is 13.3. The predicted octanol–water partition coefficient (Wildman–Crippen LogP) is 3.22. The number of rotatable bonds is 5. The van der Waals surface area contributed by atoms with Crippen molar-refractivity contribution in [3.8, 4) is 5.75 Å². The van der Waals surface area contributed by atoms with Crippen LogP contribution in [0.1, 0.15) is 11.5 Å². The van der Waals surface area contributed by atoms with Gasteiger partial charge in [-0.05, 0) is 31.2 Å². The molecule has 0 N–H and O–H groups in total. The third kappa shape index (κ3) is 3.49. The zero-order valence-corrected chi connectivity index (χ0v) is 14.1. The molecule has 0 aliphatic carbocycles. The number of amides is 1. The van der Waals surface area contributed by atoms with Crippen LogP contribution in [0.3, 0.4) is 0 Å². The molecule has 0 spiro atoms. The van der Waals surface area contributed by atoms with Crippen molar-refractivity contribution in [3.05, 3.63) is 53.0 Å². The second-order valence-electron chi connectivity index (χ2n) is 5.41. The number of hydrogen-bond acceptors (Lipinski definition) is 5. The molecule has 7 heteroatoms. The molecule has 24 heavy (non-hydrogen) atoms. The number of fused-ring (bicyclic) bond motifs is 1. The van der Waals surface area contributed by atoms with Crippen molar-refractivity contribution in [1.29, 1.82) is 0 Å². The van der Waals surface area contributed by atoms with Crippen LogP contribution in [0.25, 0.3) is 10.9 Å². The number of ether oxygens (including phenoxy) is 1. The largest absolute Gasteiger partial charge is 0.481 e. The smallest absolute Gasteiger partial charge is 0.260 e. The lowest BCUT2D eigenvalue weighted by Crippen LogP contribution is -2.31. The van der Waals surface area contributed by atoms with Gasteiger partial charge in [0, 0.05) is 24.7 Å². The van der Waals surface area contributed by atoms with E-state index in [4.69, 9.17) is 20.9 Å². The maximum atomic E-state index is 12.2. The molecule has 0 atom stereocenters. The number of aryl methyl sites for hydroxylation is 1. The van der Waals surface area contributed by atoms with E-state index in [1.54, 1.807) is 44.4 Å². The molecule has 3 aromatic rings. The second kappa shape index (κ2) is 6.88. The van der Waals surface area contributed by atoms with Crippen molar-refractivity contribution in [2.45, 2.75) is 13.5 Å². The van der Waals surface area contributed by atoms with Crippen molar-refractivity contribution < 1.29 is 14.1 Å². The van der Waals surface area contributed by atoms with Gasteiger partial charge in [-0.25, -0.2) is 0 Å². The Labute approximate surface area is 144 Å². The molecule has 0 unspecified atom stereocenters. The fourth-order valence-corrected chi connectivity index (χ4v) is 2.52. The molecule has 124 valence electrons. The highest BCUT2D eigenvalue weighted by Gasteiger charge is 2.14. The van der Waals surface area contributed by atoms with Gasteiger partial charge in [-0.1, -0.05) is 16.8 Å². The molecular formula is C17H16ClN3O3. The third-order valence-electron chi connectivity index (χ3n) is 3.53. The van der Waals surface area contributed by atoms with Gasteiger partial charge in [0.05, 0.1) is 11.6 Å². The number of aromatic nitrogens is 2. The van der Waals surface area contributed by atoms with E-state index in [0.717, 1.165) is 5.39 Å². The zero-order chi connectivity index (χ0) is 17.1. The molecule has 0 saturated heterocycles. The fraction of sp³-hybridized carbons (Fsp3) is 0.235. The second-order valence-corrected chi connectivity index (χ2v) is 5.82. The summed E-state index contributed by atoms with van der Waals surface area (Å²) < 4.78 is 10.6. The van der Waals surface area contributed by atoms with Crippen LogP contribution in [-0.4, -0.2) is 34.6 Å². The lowest BCUT2D eigenvalue weighted by molar-refractivity contribution is -0.132. The van der Waals surface area contributed by atoms with Crippen molar-refractivity contribution in [2.75, 3.05) is 13.7 Å². The summed E-state index contributed by atoms with van der Waals surface area (Å²) in [6.45, 7) is 2.07. The molecule has 3 rings (SSSR count). The number of carbonyl (C=O) groups excluding carboxylic acids is 1. The van der Waals surface area contributed by atoms with Gasteiger partial charge in [0.15, 0.2) is 6.61 Å². The molecule has 0 aliphatic rings. The maximum absolute atomic E-state index is 12.2. The molecular weight excluding hydrogens is 330 g/mol. The quantitative estimate of drug-likeness (QED) is 0.710. The summed E-state index contributed by atoms with van der Waals surface area (Å²) in [6, 6.07) is 8.90. The highest BCUT2D eigenvalue weighted by molar-refractivity contribution is 6.35. The topological polar surface area (TPSA) is 68.5 Å². The minimum atomic E-state index is -0.172. The molecule has 6 nitrogen and oxygen atoms in total. The number of halogens is 1. The molecule has 0 radical (unpaired) electrons. The van der Waals surface area contributed by atoms with E-state index < -0.39 is 0 Å². The van der Waals surface area contributed by atoms with Gasteiger partial charge >= 0.3 is 0 Å².